The number of hydrogen-bond donors (Lipinski definition) is 1. The van der Waals surface area contributed by atoms with E-state index in [1.165, 1.54) is 45.3 Å². The summed E-state index contributed by atoms with van der Waals surface area (Å²) in [6.07, 6.45) is 5.88. The van der Waals surface area contributed by atoms with Crippen molar-refractivity contribution in [2.45, 2.75) is 72.4 Å². The molecule has 1 N–H and O–H groups in total. The van der Waals surface area contributed by atoms with Gasteiger partial charge in [0.1, 0.15) is 0 Å². The molecule has 0 radical (unpaired) electrons. The van der Waals surface area contributed by atoms with E-state index in [0.29, 0.717) is 11.5 Å². The smallest absolute Gasteiger partial charge is 0.0244 e. The molecule has 2 rings (SSSR count). The molecule has 2 fully saturated rings. The Morgan fingerprint density at radius 3 is 2.37 bits per heavy atom. The van der Waals surface area contributed by atoms with Crippen LogP contribution >= 0.6 is 0 Å². The molecule has 2 atom stereocenters. The summed E-state index contributed by atoms with van der Waals surface area (Å²) >= 11 is 0. The summed E-state index contributed by atoms with van der Waals surface area (Å²) in [5.41, 5.74) is 0.372. The Kier molecular flexibility index (Phi) is 4.94. The fraction of sp³-hybridized carbons (Fsp3) is 1.00. The second-order valence-corrected chi connectivity index (χ2v) is 8.22. The predicted octanol–water partition coefficient (Wildman–Crippen LogP) is 3.52. The largest absolute Gasteiger partial charge is 0.311 e. The fourth-order valence-electron chi connectivity index (χ4n) is 3.45. The van der Waals surface area contributed by atoms with Crippen LogP contribution in [0.25, 0.3) is 0 Å². The summed E-state index contributed by atoms with van der Waals surface area (Å²) in [5, 5.41) is 3.79. The zero-order valence-corrected chi connectivity index (χ0v) is 13.7. The standard InChI is InChI=1S/C17H34N2/c1-13(2)15-11-18-16(17(3,4)5)12-19(15)10-9-14-7-6-8-14/h13-16,18H,6-12H2,1-5H3. The van der Waals surface area contributed by atoms with Crippen molar-refractivity contribution in [3.05, 3.63) is 0 Å². The topological polar surface area (TPSA) is 15.3 Å². The Morgan fingerprint density at radius 1 is 1.21 bits per heavy atom. The van der Waals surface area contributed by atoms with Crippen molar-refractivity contribution < 1.29 is 0 Å². The highest BCUT2D eigenvalue weighted by Crippen LogP contribution is 2.31. The fourth-order valence-corrected chi connectivity index (χ4v) is 3.45. The van der Waals surface area contributed by atoms with Crippen LogP contribution in [0.3, 0.4) is 0 Å². The minimum atomic E-state index is 0.372. The van der Waals surface area contributed by atoms with Crippen LogP contribution in [0.5, 0.6) is 0 Å². The van der Waals surface area contributed by atoms with E-state index in [2.05, 4.69) is 44.8 Å². The van der Waals surface area contributed by atoms with Crippen LogP contribution in [-0.2, 0) is 0 Å². The molecule has 2 heteroatoms. The molecule has 1 saturated carbocycles. The zero-order chi connectivity index (χ0) is 14.0. The predicted molar refractivity (Wildman–Crippen MR) is 83.4 cm³/mol. The van der Waals surface area contributed by atoms with Gasteiger partial charge in [-0.05, 0) is 30.2 Å². The third-order valence-electron chi connectivity index (χ3n) is 5.32. The number of rotatable bonds is 4. The van der Waals surface area contributed by atoms with Gasteiger partial charge in [-0.1, -0.05) is 53.9 Å². The Bertz CT molecular complexity index is 275. The van der Waals surface area contributed by atoms with Crippen molar-refractivity contribution in [1.82, 2.24) is 10.2 Å². The summed E-state index contributed by atoms with van der Waals surface area (Å²) in [6.45, 7) is 15.6. The van der Waals surface area contributed by atoms with Gasteiger partial charge in [0.25, 0.3) is 0 Å². The van der Waals surface area contributed by atoms with Gasteiger partial charge in [0.05, 0.1) is 0 Å². The number of piperazine rings is 1. The van der Waals surface area contributed by atoms with Gasteiger partial charge in [-0.15, -0.1) is 0 Å². The molecule has 0 aromatic carbocycles. The van der Waals surface area contributed by atoms with Gasteiger partial charge in [-0.3, -0.25) is 4.90 Å². The van der Waals surface area contributed by atoms with E-state index in [1.807, 2.05) is 0 Å². The first-order valence-corrected chi connectivity index (χ1v) is 8.35. The Labute approximate surface area is 120 Å². The first-order valence-electron chi connectivity index (χ1n) is 8.35. The van der Waals surface area contributed by atoms with E-state index in [-0.39, 0.29) is 0 Å². The van der Waals surface area contributed by atoms with Gasteiger partial charge in [0.15, 0.2) is 0 Å². The molecule has 0 aromatic rings. The molecule has 19 heavy (non-hydrogen) atoms. The molecule has 112 valence electrons. The lowest BCUT2D eigenvalue weighted by atomic mass is 9.81. The maximum atomic E-state index is 3.79. The highest BCUT2D eigenvalue weighted by molar-refractivity contribution is 4.93. The van der Waals surface area contributed by atoms with Crippen molar-refractivity contribution in [2.75, 3.05) is 19.6 Å². The molecular weight excluding hydrogens is 232 g/mol. The third kappa shape index (κ3) is 3.95. The van der Waals surface area contributed by atoms with Crippen LogP contribution in [0, 0.1) is 17.3 Å². The lowest BCUT2D eigenvalue weighted by molar-refractivity contribution is 0.0550. The molecule has 1 heterocycles. The molecule has 0 amide bonds. The van der Waals surface area contributed by atoms with Crippen LogP contribution in [-0.4, -0.2) is 36.6 Å². The SMILES string of the molecule is CC(C)C1CNC(C(C)(C)C)CN1CCC1CCC1. The molecule has 0 spiro atoms. The monoisotopic (exact) mass is 266 g/mol. The van der Waals surface area contributed by atoms with Gasteiger partial charge in [0.2, 0.25) is 0 Å². The average molecular weight is 266 g/mol. The van der Waals surface area contributed by atoms with Crippen molar-refractivity contribution in [1.29, 1.82) is 0 Å². The van der Waals surface area contributed by atoms with Crippen molar-refractivity contribution in [2.24, 2.45) is 17.3 Å². The molecule has 2 nitrogen and oxygen atoms in total. The van der Waals surface area contributed by atoms with Crippen LogP contribution in [0.15, 0.2) is 0 Å². The first kappa shape index (κ1) is 15.3. The summed E-state index contributed by atoms with van der Waals surface area (Å²) in [5.74, 6) is 1.80. The van der Waals surface area contributed by atoms with Crippen LogP contribution < -0.4 is 5.32 Å². The summed E-state index contributed by atoms with van der Waals surface area (Å²) in [6, 6.07) is 1.38. The van der Waals surface area contributed by atoms with Crippen LogP contribution in [0.2, 0.25) is 0 Å². The first-order chi connectivity index (χ1) is 8.88. The highest BCUT2D eigenvalue weighted by Gasteiger charge is 2.35. The third-order valence-corrected chi connectivity index (χ3v) is 5.32. The maximum Gasteiger partial charge on any atom is 0.0244 e. The van der Waals surface area contributed by atoms with Gasteiger partial charge in [-0.2, -0.15) is 0 Å². The summed E-state index contributed by atoms with van der Waals surface area (Å²) < 4.78 is 0. The van der Waals surface area contributed by atoms with Gasteiger partial charge in [0, 0.05) is 25.2 Å². The zero-order valence-electron chi connectivity index (χ0n) is 13.7. The molecule has 1 saturated heterocycles. The minimum Gasteiger partial charge on any atom is -0.311 e. The highest BCUT2D eigenvalue weighted by atomic mass is 15.2. The molecule has 1 aliphatic heterocycles. The minimum absolute atomic E-state index is 0.372. The summed E-state index contributed by atoms with van der Waals surface area (Å²) in [7, 11) is 0. The van der Waals surface area contributed by atoms with E-state index < -0.39 is 0 Å². The quantitative estimate of drug-likeness (QED) is 0.837. The number of nitrogens with zero attached hydrogens (tertiary/aromatic N) is 1. The molecular formula is C17H34N2. The Morgan fingerprint density at radius 2 is 1.89 bits per heavy atom. The van der Waals surface area contributed by atoms with E-state index in [0.717, 1.165) is 17.9 Å². The van der Waals surface area contributed by atoms with Crippen molar-refractivity contribution in [3.8, 4) is 0 Å². The van der Waals surface area contributed by atoms with Crippen molar-refractivity contribution in [3.63, 3.8) is 0 Å². The second kappa shape index (κ2) is 6.13. The lowest BCUT2D eigenvalue weighted by Gasteiger charge is -2.47. The molecule has 2 unspecified atom stereocenters. The van der Waals surface area contributed by atoms with Crippen LogP contribution in [0.4, 0.5) is 0 Å². The molecule has 0 aromatic heterocycles. The molecule has 1 aliphatic carbocycles. The molecule has 2 aliphatic rings. The average Bonchev–Trinajstić information content (AvgIpc) is 2.25. The number of nitrogens with one attached hydrogen (secondary N) is 1. The van der Waals surface area contributed by atoms with E-state index in [4.69, 9.17) is 0 Å². The van der Waals surface area contributed by atoms with E-state index >= 15 is 0 Å². The normalized spacial score (nSPS) is 30.6. The van der Waals surface area contributed by atoms with Gasteiger partial charge >= 0.3 is 0 Å². The lowest BCUT2D eigenvalue weighted by Crippen LogP contribution is -2.61. The Hall–Kier alpha value is -0.0800. The van der Waals surface area contributed by atoms with Crippen molar-refractivity contribution >= 4 is 0 Å². The van der Waals surface area contributed by atoms with Gasteiger partial charge < -0.3 is 5.32 Å². The Balaban J connectivity index is 1.91. The van der Waals surface area contributed by atoms with Gasteiger partial charge in [-0.25, -0.2) is 0 Å². The van der Waals surface area contributed by atoms with E-state index in [9.17, 15) is 0 Å². The molecule has 0 bridgehead atoms. The second-order valence-electron chi connectivity index (χ2n) is 8.22. The van der Waals surface area contributed by atoms with Crippen LogP contribution in [0.1, 0.15) is 60.3 Å². The number of hydrogen-bond acceptors (Lipinski definition) is 2. The maximum absolute atomic E-state index is 3.79. The van der Waals surface area contributed by atoms with E-state index in [1.54, 1.807) is 0 Å². The summed E-state index contributed by atoms with van der Waals surface area (Å²) in [4.78, 5) is 2.79.